The Kier molecular flexibility index (Phi) is 6.36. The second-order valence-corrected chi connectivity index (χ2v) is 5.17. The molecule has 0 amide bonds. The van der Waals surface area contributed by atoms with Crippen molar-refractivity contribution in [1.29, 1.82) is 0 Å². The maximum atomic E-state index is 5.44. The number of para-hydroxylation sites is 1. The Morgan fingerprint density at radius 2 is 2.00 bits per heavy atom. The summed E-state index contributed by atoms with van der Waals surface area (Å²) < 4.78 is 5.44. The van der Waals surface area contributed by atoms with Crippen molar-refractivity contribution in [1.82, 2.24) is 0 Å². The first kappa shape index (κ1) is 12.5. The lowest BCUT2D eigenvalue weighted by atomic mass is 10.3. The van der Waals surface area contributed by atoms with E-state index < -0.39 is 0 Å². The molecular formula is C11H15NOS2. The molecule has 0 spiro atoms. The van der Waals surface area contributed by atoms with Crippen LogP contribution >= 0.6 is 21.6 Å². The standard InChI is InChI=1S/C11H15NOS2/c1-3-13-11(15-14-4-2)12-10-8-6-5-7-9-10/h5-9H,3-4H2,1-2H3. The predicted molar refractivity (Wildman–Crippen MR) is 70.9 cm³/mol. The van der Waals surface area contributed by atoms with E-state index in [9.17, 15) is 0 Å². The molecule has 1 aromatic carbocycles. The number of hydrogen-bond acceptors (Lipinski definition) is 4. The number of benzene rings is 1. The lowest BCUT2D eigenvalue weighted by molar-refractivity contribution is 0.338. The van der Waals surface area contributed by atoms with E-state index in [0.29, 0.717) is 6.61 Å². The molecule has 0 aliphatic carbocycles. The Morgan fingerprint density at radius 3 is 2.60 bits per heavy atom. The van der Waals surface area contributed by atoms with Crippen molar-refractivity contribution >= 4 is 32.5 Å². The summed E-state index contributed by atoms with van der Waals surface area (Å²) in [5, 5.41) is 0.732. The molecule has 0 N–H and O–H groups in total. The molecule has 0 bridgehead atoms. The highest BCUT2D eigenvalue weighted by Gasteiger charge is 2.00. The maximum absolute atomic E-state index is 5.44. The molecule has 0 saturated carbocycles. The van der Waals surface area contributed by atoms with Crippen LogP contribution in [0, 0.1) is 0 Å². The molecule has 0 aliphatic rings. The molecule has 0 unspecified atom stereocenters. The summed E-state index contributed by atoms with van der Waals surface area (Å²) in [6.45, 7) is 4.74. The second-order valence-electron chi connectivity index (χ2n) is 2.64. The normalized spacial score (nSPS) is 11.5. The summed E-state index contributed by atoms with van der Waals surface area (Å²) in [6.07, 6.45) is 0. The molecule has 0 fully saturated rings. The highest BCUT2D eigenvalue weighted by Crippen LogP contribution is 2.25. The van der Waals surface area contributed by atoms with Crippen LogP contribution in [0.15, 0.2) is 35.3 Å². The lowest BCUT2D eigenvalue weighted by Crippen LogP contribution is -1.97. The molecule has 0 aliphatic heterocycles. The largest absolute Gasteiger partial charge is 0.473 e. The molecule has 0 atom stereocenters. The van der Waals surface area contributed by atoms with Gasteiger partial charge in [0.1, 0.15) is 0 Å². The molecule has 0 heterocycles. The van der Waals surface area contributed by atoms with Gasteiger partial charge in [-0.05, 0) is 19.1 Å². The minimum absolute atomic E-state index is 0.656. The Bertz CT molecular complexity index is 301. The molecule has 82 valence electrons. The quantitative estimate of drug-likeness (QED) is 0.450. The van der Waals surface area contributed by atoms with E-state index in [2.05, 4.69) is 11.9 Å². The molecule has 4 heteroatoms. The number of hydrogen-bond donors (Lipinski definition) is 0. The Balaban J connectivity index is 2.65. The first-order chi connectivity index (χ1) is 7.36. The number of aliphatic imine (C=N–C) groups is 1. The minimum atomic E-state index is 0.656. The molecule has 0 saturated heterocycles. The highest BCUT2D eigenvalue weighted by molar-refractivity contribution is 8.82. The fraction of sp³-hybridized carbons (Fsp3) is 0.364. The van der Waals surface area contributed by atoms with Crippen molar-refractivity contribution in [2.45, 2.75) is 13.8 Å². The van der Waals surface area contributed by atoms with Gasteiger partial charge < -0.3 is 4.74 Å². The molecular weight excluding hydrogens is 226 g/mol. The van der Waals surface area contributed by atoms with Crippen LogP contribution < -0.4 is 0 Å². The van der Waals surface area contributed by atoms with Crippen LogP contribution in [0.3, 0.4) is 0 Å². The predicted octanol–water partition coefficient (Wildman–Crippen LogP) is 4.11. The smallest absolute Gasteiger partial charge is 0.261 e. The van der Waals surface area contributed by atoms with Gasteiger partial charge in [0.15, 0.2) is 0 Å². The van der Waals surface area contributed by atoms with Crippen LogP contribution in [0.5, 0.6) is 0 Å². The van der Waals surface area contributed by atoms with Crippen LogP contribution in [0.4, 0.5) is 5.69 Å². The van der Waals surface area contributed by atoms with E-state index in [4.69, 9.17) is 4.74 Å². The van der Waals surface area contributed by atoms with Crippen molar-refractivity contribution in [3.05, 3.63) is 30.3 Å². The van der Waals surface area contributed by atoms with E-state index in [0.717, 1.165) is 16.7 Å². The Labute approximate surface area is 98.9 Å². The zero-order chi connectivity index (χ0) is 10.9. The van der Waals surface area contributed by atoms with Gasteiger partial charge in [0.2, 0.25) is 0 Å². The summed E-state index contributed by atoms with van der Waals surface area (Å²) in [5.74, 6) is 1.05. The topological polar surface area (TPSA) is 21.6 Å². The van der Waals surface area contributed by atoms with Gasteiger partial charge in [-0.25, -0.2) is 4.99 Å². The van der Waals surface area contributed by atoms with E-state index >= 15 is 0 Å². The lowest BCUT2D eigenvalue weighted by Gasteiger charge is -2.04. The molecule has 1 rings (SSSR count). The van der Waals surface area contributed by atoms with Crippen LogP contribution in [-0.2, 0) is 4.74 Å². The number of nitrogens with zero attached hydrogens (tertiary/aromatic N) is 1. The van der Waals surface area contributed by atoms with Gasteiger partial charge in [0, 0.05) is 16.5 Å². The van der Waals surface area contributed by atoms with E-state index in [-0.39, 0.29) is 0 Å². The minimum Gasteiger partial charge on any atom is -0.473 e. The summed E-state index contributed by atoms with van der Waals surface area (Å²) in [5.41, 5.74) is 0.935. The van der Waals surface area contributed by atoms with Gasteiger partial charge in [-0.15, -0.1) is 0 Å². The summed E-state index contributed by atoms with van der Waals surface area (Å²) in [4.78, 5) is 4.42. The zero-order valence-electron chi connectivity index (χ0n) is 8.97. The highest BCUT2D eigenvalue weighted by atomic mass is 33.1. The fourth-order valence-corrected chi connectivity index (χ4v) is 2.36. The number of rotatable bonds is 4. The van der Waals surface area contributed by atoms with Gasteiger partial charge in [-0.2, -0.15) is 0 Å². The third-order valence-electron chi connectivity index (χ3n) is 1.49. The third kappa shape index (κ3) is 5.14. The third-order valence-corrected chi connectivity index (χ3v) is 3.69. The fourth-order valence-electron chi connectivity index (χ4n) is 0.916. The van der Waals surface area contributed by atoms with Crippen molar-refractivity contribution < 1.29 is 4.74 Å². The van der Waals surface area contributed by atoms with Crippen molar-refractivity contribution in [3.63, 3.8) is 0 Å². The monoisotopic (exact) mass is 241 g/mol. The molecule has 0 aromatic heterocycles. The zero-order valence-corrected chi connectivity index (χ0v) is 10.6. The molecule has 1 aromatic rings. The summed E-state index contributed by atoms with van der Waals surface area (Å²) >= 11 is 0. The molecule has 0 radical (unpaired) electrons. The van der Waals surface area contributed by atoms with Gasteiger partial charge >= 0.3 is 0 Å². The summed E-state index contributed by atoms with van der Waals surface area (Å²) in [7, 11) is 3.32. The average Bonchev–Trinajstić information content (AvgIpc) is 2.28. The summed E-state index contributed by atoms with van der Waals surface area (Å²) in [6, 6.07) is 9.86. The average molecular weight is 241 g/mol. The van der Waals surface area contributed by atoms with Crippen LogP contribution in [0.1, 0.15) is 13.8 Å². The van der Waals surface area contributed by atoms with Gasteiger partial charge in [-0.3, -0.25) is 0 Å². The van der Waals surface area contributed by atoms with E-state index in [1.54, 1.807) is 21.6 Å². The first-order valence-electron chi connectivity index (χ1n) is 4.92. The number of ether oxygens (including phenoxy) is 1. The van der Waals surface area contributed by atoms with Crippen molar-refractivity contribution in [3.8, 4) is 0 Å². The van der Waals surface area contributed by atoms with Gasteiger partial charge in [0.25, 0.3) is 5.23 Å². The van der Waals surface area contributed by atoms with Gasteiger partial charge in [0.05, 0.1) is 12.3 Å². The van der Waals surface area contributed by atoms with Gasteiger partial charge in [-0.1, -0.05) is 35.9 Å². The van der Waals surface area contributed by atoms with Crippen molar-refractivity contribution in [2.75, 3.05) is 12.4 Å². The first-order valence-corrected chi connectivity index (χ1v) is 7.24. The maximum Gasteiger partial charge on any atom is 0.261 e. The van der Waals surface area contributed by atoms with E-state index in [1.165, 1.54) is 0 Å². The second kappa shape index (κ2) is 7.65. The van der Waals surface area contributed by atoms with Crippen LogP contribution in [0.2, 0.25) is 0 Å². The van der Waals surface area contributed by atoms with Crippen LogP contribution in [0.25, 0.3) is 0 Å². The molecule has 15 heavy (non-hydrogen) atoms. The Hall–Kier alpha value is -0.610. The van der Waals surface area contributed by atoms with Crippen molar-refractivity contribution in [2.24, 2.45) is 4.99 Å². The van der Waals surface area contributed by atoms with Crippen LogP contribution in [-0.4, -0.2) is 17.6 Å². The SMILES string of the molecule is CCOC(=Nc1ccccc1)SSCC. The molecule has 2 nitrogen and oxygen atoms in total. The Morgan fingerprint density at radius 1 is 1.27 bits per heavy atom. The van der Waals surface area contributed by atoms with E-state index in [1.807, 2.05) is 37.3 Å².